The summed E-state index contributed by atoms with van der Waals surface area (Å²) in [6, 6.07) is 15.8. The summed E-state index contributed by atoms with van der Waals surface area (Å²) in [4.78, 5) is 28.6. The van der Waals surface area contributed by atoms with Crippen LogP contribution in [0.1, 0.15) is 32.2 Å². The van der Waals surface area contributed by atoms with Crippen LogP contribution < -0.4 is 5.32 Å². The molecule has 0 spiro atoms. The van der Waals surface area contributed by atoms with Gasteiger partial charge in [0.1, 0.15) is 11.6 Å². The number of aryl methyl sites for hydroxylation is 1. The van der Waals surface area contributed by atoms with Crippen LogP contribution in [-0.4, -0.2) is 16.9 Å². The molecule has 1 heterocycles. The molecule has 0 atom stereocenters. The number of nitriles is 1. The van der Waals surface area contributed by atoms with Crippen molar-refractivity contribution in [3.8, 4) is 6.07 Å². The first-order valence-corrected chi connectivity index (χ1v) is 9.39. The monoisotopic (exact) mass is 391 g/mol. The Hall–Kier alpha value is -3.50. The zero-order valence-corrected chi connectivity index (χ0v) is 16.0. The summed E-state index contributed by atoms with van der Waals surface area (Å²) in [5.74, 6) is -0.676. The molecule has 28 heavy (non-hydrogen) atoms. The number of rotatable bonds is 6. The molecule has 3 aromatic rings. The third kappa shape index (κ3) is 5.02. The number of nitrogens with zero attached hydrogens (tertiary/aromatic N) is 2. The van der Waals surface area contributed by atoms with Crippen molar-refractivity contribution in [2.45, 2.75) is 20.0 Å². The molecule has 0 bridgehead atoms. The minimum Gasteiger partial charge on any atom is -0.456 e. The summed E-state index contributed by atoms with van der Waals surface area (Å²) in [5, 5.41) is 14.2. The number of carbonyl (C=O) groups is 2. The number of thiazole rings is 1. The summed E-state index contributed by atoms with van der Waals surface area (Å²) in [7, 11) is 0. The molecule has 140 valence electrons. The molecule has 0 saturated carbocycles. The van der Waals surface area contributed by atoms with Gasteiger partial charge < -0.3 is 10.1 Å². The molecule has 0 unspecified atom stereocenters. The molecule has 0 saturated heterocycles. The van der Waals surface area contributed by atoms with E-state index in [1.54, 1.807) is 23.6 Å². The Morgan fingerprint density at radius 3 is 2.82 bits per heavy atom. The van der Waals surface area contributed by atoms with Crippen LogP contribution in [0.5, 0.6) is 0 Å². The van der Waals surface area contributed by atoms with Crippen molar-refractivity contribution >= 4 is 28.9 Å². The van der Waals surface area contributed by atoms with E-state index in [1.165, 1.54) is 17.4 Å². The highest BCUT2D eigenvalue weighted by Gasteiger charge is 2.12. The molecule has 0 aliphatic carbocycles. The van der Waals surface area contributed by atoms with E-state index >= 15 is 0 Å². The third-order valence-electron chi connectivity index (χ3n) is 3.91. The van der Waals surface area contributed by atoms with Crippen molar-refractivity contribution in [2.75, 3.05) is 5.32 Å². The van der Waals surface area contributed by atoms with Crippen LogP contribution >= 0.6 is 11.3 Å². The Kier molecular flexibility index (Phi) is 6.14. The maximum atomic E-state index is 12.2. The molecule has 0 fully saturated rings. The fraction of sp³-hybridized carbons (Fsp3) is 0.143. The van der Waals surface area contributed by atoms with Gasteiger partial charge in [0.15, 0.2) is 0 Å². The Labute approximate surface area is 166 Å². The summed E-state index contributed by atoms with van der Waals surface area (Å²) in [5.41, 5.74) is 3.05. The fourth-order valence-corrected chi connectivity index (χ4v) is 3.26. The first-order chi connectivity index (χ1) is 13.5. The van der Waals surface area contributed by atoms with E-state index in [0.717, 1.165) is 11.3 Å². The number of para-hydroxylation sites is 1. The standard InChI is InChI=1S/C21H17N3O3S/c1-14-5-2-3-8-18(14)24-19(25)10-20-23-17(13-28-20)12-27-21(26)16-7-4-6-15(9-16)11-22/h2-9,13H,10,12H2,1H3,(H,24,25). The smallest absolute Gasteiger partial charge is 0.338 e. The second-order valence-electron chi connectivity index (χ2n) is 6.04. The summed E-state index contributed by atoms with van der Waals surface area (Å²) in [6.07, 6.45) is 0.150. The second kappa shape index (κ2) is 8.93. The first kappa shape index (κ1) is 19.3. The van der Waals surface area contributed by atoms with Gasteiger partial charge in [0.05, 0.1) is 29.3 Å². The Bertz CT molecular complexity index is 1050. The van der Waals surface area contributed by atoms with Crippen molar-refractivity contribution in [3.05, 3.63) is 81.3 Å². The first-order valence-electron chi connectivity index (χ1n) is 8.51. The van der Waals surface area contributed by atoms with E-state index < -0.39 is 5.97 Å². The molecule has 7 heteroatoms. The Morgan fingerprint density at radius 2 is 2.04 bits per heavy atom. The molecule has 0 aliphatic rings. The van der Waals surface area contributed by atoms with Gasteiger partial charge in [-0.2, -0.15) is 5.26 Å². The van der Waals surface area contributed by atoms with Crippen molar-refractivity contribution in [1.82, 2.24) is 4.98 Å². The van der Waals surface area contributed by atoms with Gasteiger partial charge in [0.2, 0.25) is 5.91 Å². The predicted octanol–water partition coefficient (Wildman–Crippen LogP) is 3.86. The van der Waals surface area contributed by atoms with Crippen LogP contribution in [-0.2, 0) is 22.6 Å². The molecule has 2 aromatic carbocycles. The van der Waals surface area contributed by atoms with Gasteiger partial charge >= 0.3 is 5.97 Å². The minimum atomic E-state index is -0.524. The maximum Gasteiger partial charge on any atom is 0.338 e. The van der Waals surface area contributed by atoms with Gasteiger partial charge in [-0.05, 0) is 36.8 Å². The number of benzene rings is 2. The number of aromatic nitrogens is 1. The maximum absolute atomic E-state index is 12.2. The van der Waals surface area contributed by atoms with Gasteiger partial charge in [0, 0.05) is 11.1 Å². The van der Waals surface area contributed by atoms with Gasteiger partial charge in [0.25, 0.3) is 0 Å². The summed E-state index contributed by atoms with van der Waals surface area (Å²) < 4.78 is 5.24. The average Bonchev–Trinajstić information content (AvgIpc) is 3.15. The molecule has 1 amide bonds. The molecule has 1 N–H and O–H groups in total. The summed E-state index contributed by atoms with van der Waals surface area (Å²) in [6.45, 7) is 1.93. The summed E-state index contributed by atoms with van der Waals surface area (Å²) >= 11 is 1.34. The van der Waals surface area contributed by atoms with E-state index in [-0.39, 0.29) is 18.9 Å². The number of hydrogen-bond acceptors (Lipinski definition) is 6. The number of anilines is 1. The van der Waals surface area contributed by atoms with Gasteiger partial charge in [-0.3, -0.25) is 4.79 Å². The Morgan fingerprint density at radius 1 is 1.21 bits per heavy atom. The average molecular weight is 391 g/mol. The van der Waals surface area contributed by atoms with E-state index in [1.807, 2.05) is 37.3 Å². The van der Waals surface area contributed by atoms with Crippen LogP contribution in [0.4, 0.5) is 5.69 Å². The molecule has 6 nitrogen and oxygen atoms in total. The van der Waals surface area contributed by atoms with Gasteiger partial charge in [-0.15, -0.1) is 11.3 Å². The number of nitrogens with one attached hydrogen (secondary N) is 1. The lowest BCUT2D eigenvalue weighted by molar-refractivity contribution is -0.115. The number of ether oxygens (including phenoxy) is 1. The molecular formula is C21H17N3O3S. The van der Waals surface area contributed by atoms with E-state index in [0.29, 0.717) is 21.8 Å². The van der Waals surface area contributed by atoms with Crippen molar-refractivity contribution in [2.24, 2.45) is 0 Å². The van der Waals surface area contributed by atoms with Gasteiger partial charge in [-0.1, -0.05) is 24.3 Å². The highest BCUT2D eigenvalue weighted by atomic mass is 32.1. The Balaban J connectivity index is 1.54. The topological polar surface area (TPSA) is 92.1 Å². The molecule has 1 aromatic heterocycles. The molecule has 0 aliphatic heterocycles. The predicted molar refractivity (Wildman–Crippen MR) is 106 cm³/mol. The van der Waals surface area contributed by atoms with Crippen LogP contribution in [0, 0.1) is 18.3 Å². The molecular weight excluding hydrogens is 374 g/mol. The minimum absolute atomic E-state index is 0.00548. The molecule has 3 rings (SSSR count). The fourth-order valence-electron chi connectivity index (χ4n) is 2.48. The number of carbonyl (C=O) groups excluding carboxylic acids is 2. The van der Waals surface area contributed by atoms with Crippen molar-refractivity contribution in [3.63, 3.8) is 0 Å². The van der Waals surface area contributed by atoms with Crippen molar-refractivity contribution in [1.29, 1.82) is 5.26 Å². The lowest BCUT2D eigenvalue weighted by Crippen LogP contribution is -2.15. The number of amides is 1. The highest BCUT2D eigenvalue weighted by Crippen LogP contribution is 2.16. The van der Waals surface area contributed by atoms with E-state index in [9.17, 15) is 9.59 Å². The van der Waals surface area contributed by atoms with Crippen molar-refractivity contribution < 1.29 is 14.3 Å². The van der Waals surface area contributed by atoms with E-state index in [2.05, 4.69) is 10.3 Å². The van der Waals surface area contributed by atoms with E-state index in [4.69, 9.17) is 10.00 Å². The third-order valence-corrected chi connectivity index (χ3v) is 4.81. The number of esters is 1. The van der Waals surface area contributed by atoms with Gasteiger partial charge in [-0.25, -0.2) is 9.78 Å². The zero-order chi connectivity index (χ0) is 19.9. The van der Waals surface area contributed by atoms with Crippen LogP contribution in [0.25, 0.3) is 0 Å². The lowest BCUT2D eigenvalue weighted by atomic mass is 10.1. The SMILES string of the molecule is Cc1ccccc1NC(=O)Cc1nc(COC(=O)c2cccc(C#N)c2)cs1. The quantitative estimate of drug-likeness (QED) is 0.644. The normalized spacial score (nSPS) is 10.1. The molecule has 0 radical (unpaired) electrons. The lowest BCUT2D eigenvalue weighted by Gasteiger charge is -2.06. The second-order valence-corrected chi connectivity index (χ2v) is 6.98. The van der Waals surface area contributed by atoms with Crippen LogP contribution in [0.3, 0.4) is 0 Å². The highest BCUT2D eigenvalue weighted by molar-refractivity contribution is 7.09. The zero-order valence-electron chi connectivity index (χ0n) is 15.1. The number of hydrogen-bond donors (Lipinski definition) is 1. The van der Waals surface area contributed by atoms with Crippen LogP contribution in [0.15, 0.2) is 53.9 Å². The largest absolute Gasteiger partial charge is 0.456 e. The van der Waals surface area contributed by atoms with Crippen LogP contribution in [0.2, 0.25) is 0 Å².